The molecule has 2 heterocycles. The largest absolute Gasteiger partial charge is 0.395 e. The Hall–Kier alpha value is -1.46. The summed E-state index contributed by atoms with van der Waals surface area (Å²) >= 11 is 0. The second-order valence-electron chi connectivity index (χ2n) is 2.22. The lowest BCUT2D eigenvalue weighted by atomic mass is 10.3. The minimum atomic E-state index is 0.560. The fraction of sp³-hybridized carbons (Fsp3) is 0.600. The SMILES string of the molecule is Cn1nnc(C2=NOCC2)n1. The molecule has 0 bridgehead atoms. The van der Waals surface area contributed by atoms with Crippen LogP contribution >= 0.6 is 0 Å². The molecule has 0 fully saturated rings. The molecule has 1 aromatic heterocycles. The van der Waals surface area contributed by atoms with Crippen molar-refractivity contribution in [2.24, 2.45) is 12.2 Å². The monoisotopic (exact) mass is 153 g/mol. The maximum atomic E-state index is 4.79. The highest BCUT2D eigenvalue weighted by molar-refractivity contribution is 5.97. The first-order chi connectivity index (χ1) is 5.36. The molecule has 0 amide bonds. The van der Waals surface area contributed by atoms with Gasteiger partial charge in [-0.1, -0.05) is 5.16 Å². The third-order valence-corrected chi connectivity index (χ3v) is 1.37. The fourth-order valence-electron chi connectivity index (χ4n) is 0.864. The summed E-state index contributed by atoms with van der Waals surface area (Å²) in [4.78, 5) is 6.19. The van der Waals surface area contributed by atoms with E-state index in [4.69, 9.17) is 4.84 Å². The Morgan fingerprint density at radius 2 is 2.45 bits per heavy atom. The van der Waals surface area contributed by atoms with Crippen LogP contribution in [0.3, 0.4) is 0 Å². The maximum absolute atomic E-state index is 4.79. The van der Waals surface area contributed by atoms with E-state index in [-0.39, 0.29) is 0 Å². The lowest BCUT2D eigenvalue weighted by Gasteiger charge is -1.83. The van der Waals surface area contributed by atoms with Gasteiger partial charge in [-0.15, -0.1) is 10.2 Å². The van der Waals surface area contributed by atoms with Gasteiger partial charge in [-0.05, 0) is 5.21 Å². The molecule has 0 aliphatic carbocycles. The zero-order valence-corrected chi connectivity index (χ0v) is 6.06. The molecule has 0 radical (unpaired) electrons. The normalized spacial score (nSPS) is 16.3. The molecule has 0 saturated carbocycles. The van der Waals surface area contributed by atoms with Gasteiger partial charge in [-0.2, -0.15) is 4.80 Å². The molecule has 0 aromatic carbocycles. The molecule has 6 heteroatoms. The highest BCUT2D eigenvalue weighted by Gasteiger charge is 2.14. The van der Waals surface area contributed by atoms with Crippen LogP contribution in [-0.2, 0) is 11.9 Å². The molecule has 2 rings (SSSR count). The lowest BCUT2D eigenvalue weighted by Crippen LogP contribution is -2.01. The van der Waals surface area contributed by atoms with Crippen molar-refractivity contribution >= 4 is 5.71 Å². The minimum absolute atomic E-state index is 0.560. The van der Waals surface area contributed by atoms with Crippen LogP contribution in [0.5, 0.6) is 0 Å². The van der Waals surface area contributed by atoms with E-state index in [2.05, 4.69) is 20.6 Å². The minimum Gasteiger partial charge on any atom is -0.395 e. The van der Waals surface area contributed by atoms with Gasteiger partial charge in [0.15, 0.2) is 0 Å². The molecule has 0 unspecified atom stereocenters. The summed E-state index contributed by atoms with van der Waals surface area (Å²) < 4.78 is 0. The van der Waals surface area contributed by atoms with E-state index in [0.29, 0.717) is 12.4 Å². The van der Waals surface area contributed by atoms with E-state index in [9.17, 15) is 0 Å². The molecule has 11 heavy (non-hydrogen) atoms. The summed E-state index contributed by atoms with van der Waals surface area (Å²) in [5.74, 6) is 0.560. The van der Waals surface area contributed by atoms with E-state index in [1.165, 1.54) is 4.80 Å². The van der Waals surface area contributed by atoms with Gasteiger partial charge in [-0.25, -0.2) is 0 Å². The van der Waals surface area contributed by atoms with Crippen LogP contribution in [0, 0.1) is 0 Å². The van der Waals surface area contributed by atoms with Gasteiger partial charge in [0.25, 0.3) is 0 Å². The zero-order valence-electron chi connectivity index (χ0n) is 6.06. The summed E-state index contributed by atoms with van der Waals surface area (Å²) in [5.41, 5.74) is 0.776. The average Bonchev–Trinajstić information content (AvgIpc) is 2.55. The van der Waals surface area contributed by atoms with E-state index in [0.717, 1.165) is 12.1 Å². The Labute approximate surface area is 62.8 Å². The Morgan fingerprint density at radius 1 is 1.55 bits per heavy atom. The van der Waals surface area contributed by atoms with E-state index in [1.807, 2.05) is 0 Å². The number of rotatable bonds is 1. The van der Waals surface area contributed by atoms with Crippen LogP contribution in [-0.4, -0.2) is 32.5 Å². The Bertz CT molecular complexity index is 291. The van der Waals surface area contributed by atoms with Crippen LogP contribution in [0.15, 0.2) is 5.16 Å². The molecular formula is C5H7N5O. The number of tetrazole rings is 1. The maximum Gasteiger partial charge on any atom is 0.222 e. The average molecular weight is 153 g/mol. The van der Waals surface area contributed by atoms with E-state index < -0.39 is 0 Å². The first-order valence-corrected chi connectivity index (χ1v) is 3.29. The molecule has 0 saturated heterocycles. The number of nitrogens with zero attached hydrogens (tertiary/aromatic N) is 5. The van der Waals surface area contributed by atoms with Crippen LogP contribution in [0.2, 0.25) is 0 Å². The highest BCUT2D eigenvalue weighted by atomic mass is 16.6. The van der Waals surface area contributed by atoms with Crippen LogP contribution in [0.1, 0.15) is 12.2 Å². The van der Waals surface area contributed by atoms with Gasteiger partial charge in [0.1, 0.15) is 12.3 Å². The molecule has 6 nitrogen and oxygen atoms in total. The molecule has 0 atom stereocenters. The van der Waals surface area contributed by atoms with Gasteiger partial charge < -0.3 is 4.84 Å². The van der Waals surface area contributed by atoms with Crippen LogP contribution in [0.25, 0.3) is 0 Å². The second-order valence-corrected chi connectivity index (χ2v) is 2.22. The summed E-state index contributed by atoms with van der Waals surface area (Å²) in [6.45, 7) is 0.619. The molecular weight excluding hydrogens is 146 g/mol. The van der Waals surface area contributed by atoms with Crippen molar-refractivity contribution in [3.63, 3.8) is 0 Å². The quantitative estimate of drug-likeness (QED) is 0.537. The van der Waals surface area contributed by atoms with Gasteiger partial charge >= 0.3 is 0 Å². The van der Waals surface area contributed by atoms with Gasteiger partial charge in [-0.3, -0.25) is 0 Å². The summed E-state index contributed by atoms with van der Waals surface area (Å²) in [6.07, 6.45) is 0.770. The smallest absolute Gasteiger partial charge is 0.222 e. The third kappa shape index (κ3) is 1.06. The van der Waals surface area contributed by atoms with Crippen molar-refractivity contribution in [1.29, 1.82) is 0 Å². The Morgan fingerprint density at radius 3 is 3.00 bits per heavy atom. The van der Waals surface area contributed by atoms with Gasteiger partial charge in [0, 0.05) is 6.42 Å². The molecule has 58 valence electrons. The lowest BCUT2D eigenvalue weighted by molar-refractivity contribution is 0.174. The number of hydrogen-bond acceptors (Lipinski definition) is 5. The highest BCUT2D eigenvalue weighted by Crippen LogP contribution is 2.04. The molecule has 1 aliphatic rings. The Kier molecular flexibility index (Phi) is 1.31. The number of oxime groups is 1. The second kappa shape index (κ2) is 2.30. The van der Waals surface area contributed by atoms with Crippen molar-refractivity contribution < 1.29 is 4.84 Å². The Balaban J connectivity index is 2.28. The van der Waals surface area contributed by atoms with Crippen molar-refractivity contribution in [2.45, 2.75) is 6.42 Å². The number of hydrogen-bond donors (Lipinski definition) is 0. The fourth-order valence-corrected chi connectivity index (χ4v) is 0.864. The molecule has 0 spiro atoms. The van der Waals surface area contributed by atoms with Crippen molar-refractivity contribution in [2.75, 3.05) is 6.61 Å². The van der Waals surface area contributed by atoms with Gasteiger partial charge in [0.05, 0.1) is 7.05 Å². The van der Waals surface area contributed by atoms with Gasteiger partial charge in [0.2, 0.25) is 5.82 Å². The van der Waals surface area contributed by atoms with Crippen molar-refractivity contribution in [3.8, 4) is 0 Å². The first kappa shape index (κ1) is 6.26. The molecule has 0 N–H and O–H groups in total. The predicted molar refractivity (Wildman–Crippen MR) is 35.9 cm³/mol. The van der Waals surface area contributed by atoms with Crippen LogP contribution < -0.4 is 0 Å². The summed E-state index contributed by atoms with van der Waals surface area (Å²) in [6, 6.07) is 0. The van der Waals surface area contributed by atoms with E-state index >= 15 is 0 Å². The molecule has 1 aliphatic heterocycles. The zero-order chi connectivity index (χ0) is 7.68. The third-order valence-electron chi connectivity index (χ3n) is 1.37. The first-order valence-electron chi connectivity index (χ1n) is 3.29. The van der Waals surface area contributed by atoms with Crippen molar-refractivity contribution in [1.82, 2.24) is 20.2 Å². The van der Waals surface area contributed by atoms with Crippen molar-refractivity contribution in [3.05, 3.63) is 5.82 Å². The number of aryl methyl sites for hydroxylation is 1. The van der Waals surface area contributed by atoms with Crippen LogP contribution in [0.4, 0.5) is 0 Å². The molecule has 1 aromatic rings. The number of aromatic nitrogens is 4. The topological polar surface area (TPSA) is 65.2 Å². The summed E-state index contributed by atoms with van der Waals surface area (Å²) in [7, 11) is 1.72. The predicted octanol–water partition coefficient (Wildman–Crippen LogP) is -0.665. The standard InChI is InChI=1S/C5H7N5O/c1-10-7-5(6-9-10)4-2-3-11-8-4/h2-3H2,1H3. The van der Waals surface area contributed by atoms with E-state index in [1.54, 1.807) is 7.05 Å². The summed E-state index contributed by atoms with van der Waals surface area (Å²) in [5, 5.41) is 15.2.